The average molecular weight is 151 g/mol. The van der Waals surface area contributed by atoms with Crippen LogP contribution in [0.25, 0.3) is 0 Å². The van der Waals surface area contributed by atoms with Crippen LogP contribution in [0.15, 0.2) is 0 Å². The fraction of sp³-hybridized carbons (Fsp3) is 1.00. The lowest BCUT2D eigenvalue weighted by atomic mass is 10.00. The minimum Gasteiger partial charge on any atom is -0.324 e. The first-order valence-electron chi connectivity index (χ1n) is 5.03. The standard InChI is InChI=1S/C10H17N/c1-6-5-9(6)10(11)7-3-2-4-8(7)10/h6-9H,2-5,11H2,1H3. The molecule has 62 valence electrons. The monoisotopic (exact) mass is 151 g/mol. The van der Waals surface area contributed by atoms with Gasteiger partial charge < -0.3 is 5.73 Å². The molecule has 3 rings (SSSR count). The molecule has 11 heavy (non-hydrogen) atoms. The largest absolute Gasteiger partial charge is 0.324 e. The van der Waals surface area contributed by atoms with Crippen molar-refractivity contribution in [2.24, 2.45) is 29.4 Å². The molecule has 3 saturated carbocycles. The molecule has 3 aliphatic carbocycles. The fourth-order valence-corrected chi connectivity index (χ4v) is 3.62. The molecule has 2 N–H and O–H groups in total. The van der Waals surface area contributed by atoms with Gasteiger partial charge in [-0.1, -0.05) is 13.3 Å². The Morgan fingerprint density at radius 3 is 2.18 bits per heavy atom. The molecule has 1 heteroatoms. The Bertz CT molecular complexity index is 184. The van der Waals surface area contributed by atoms with Gasteiger partial charge in [-0.05, 0) is 42.9 Å². The number of rotatable bonds is 1. The molecule has 3 fully saturated rings. The number of fused-ring (bicyclic) bond motifs is 1. The van der Waals surface area contributed by atoms with E-state index in [-0.39, 0.29) is 0 Å². The Morgan fingerprint density at radius 2 is 1.73 bits per heavy atom. The third-order valence-electron chi connectivity index (χ3n) is 4.44. The topological polar surface area (TPSA) is 26.0 Å². The summed E-state index contributed by atoms with van der Waals surface area (Å²) in [7, 11) is 0. The summed E-state index contributed by atoms with van der Waals surface area (Å²) in [5.41, 5.74) is 6.74. The Labute approximate surface area is 68.3 Å². The van der Waals surface area contributed by atoms with Crippen molar-refractivity contribution in [1.82, 2.24) is 0 Å². The van der Waals surface area contributed by atoms with E-state index in [4.69, 9.17) is 5.73 Å². The zero-order valence-corrected chi connectivity index (χ0v) is 7.22. The molecular formula is C10H17N. The van der Waals surface area contributed by atoms with Gasteiger partial charge in [-0.25, -0.2) is 0 Å². The van der Waals surface area contributed by atoms with Gasteiger partial charge in [0.25, 0.3) is 0 Å². The van der Waals surface area contributed by atoms with Crippen LogP contribution < -0.4 is 5.73 Å². The highest BCUT2D eigenvalue weighted by Crippen LogP contribution is 2.68. The van der Waals surface area contributed by atoms with Crippen LogP contribution in [0.5, 0.6) is 0 Å². The van der Waals surface area contributed by atoms with Gasteiger partial charge in [-0.2, -0.15) is 0 Å². The second kappa shape index (κ2) is 1.66. The van der Waals surface area contributed by atoms with Crippen LogP contribution in [0, 0.1) is 23.7 Å². The number of hydrogen-bond donors (Lipinski definition) is 1. The van der Waals surface area contributed by atoms with E-state index in [9.17, 15) is 0 Å². The Balaban J connectivity index is 1.79. The summed E-state index contributed by atoms with van der Waals surface area (Å²) in [5.74, 6) is 3.75. The minimum absolute atomic E-state index is 0.345. The molecule has 0 saturated heterocycles. The molecule has 0 bridgehead atoms. The van der Waals surface area contributed by atoms with E-state index in [1.807, 2.05) is 0 Å². The van der Waals surface area contributed by atoms with E-state index in [2.05, 4.69) is 6.92 Å². The molecule has 0 aliphatic heterocycles. The Morgan fingerprint density at radius 1 is 1.18 bits per heavy atom. The van der Waals surface area contributed by atoms with Gasteiger partial charge in [0.15, 0.2) is 0 Å². The van der Waals surface area contributed by atoms with Gasteiger partial charge in [-0.15, -0.1) is 0 Å². The first-order chi connectivity index (χ1) is 5.24. The molecule has 0 amide bonds. The van der Waals surface area contributed by atoms with Gasteiger partial charge >= 0.3 is 0 Å². The van der Waals surface area contributed by atoms with Crippen LogP contribution in [0.1, 0.15) is 32.6 Å². The predicted octanol–water partition coefficient (Wildman–Crippen LogP) is 1.77. The maximum absolute atomic E-state index is 6.39. The van der Waals surface area contributed by atoms with E-state index < -0.39 is 0 Å². The summed E-state index contributed by atoms with van der Waals surface area (Å²) in [4.78, 5) is 0. The average Bonchev–Trinajstić information content (AvgIpc) is 2.76. The summed E-state index contributed by atoms with van der Waals surface area (Å²) in [5, 5.41) is 0. The summed E-state index contributed by atoms with van der Waals surface area (Å²) in [6.45, 7) is 2.35. The smallest absolute Gasteiger partial charge is 0.0249 e. The molecule has 3 aliphatic rings. The van der Waals surface area contributed by atoms with E-state index in [1.165, 1.54) is 25.7 Å². The maximum atomic E-state index is 6.39. The van der Waals surface area contributed by atoms with Gasteiger partial charge in [0.2, 0.25) is 0 Å². The van der Waals surface area contributed by atoms with Crippen LogP contribution in [0.3, 0.4) is 0 Å². The fourth-order valence-electron chi connectivity index (χ4n) is 3.62. The van der Waals surface area contributed by atoms with Crippen LogP contribution in [-0.2, 0) is 0 Å². The van der Waals surface area contributed by atoms with Gasteiger partial charge in [-0.3, -0.25) is 0 Å². The van der Waals surface area contributed by atoms with Crippen molar-refractivity contribution >= 4 is 0 Å². The molecule has 0 radical (unpaired) electrons. The second-order valence-corrected chi connectivity index (χ2v) is 4.96. The predicted molar refractivity (Wildman–Crippen MR) is 45.0 cm³/mol. The SMILES string of the molecule is CC1CC1C1(N)C2CCCC21. The summed E-state index contributed by atoms with van der Waals surface area (Å²) >= 11 is 0. The molecule has 4 atom stereocenters. The van der Waals surface area contributed by atoms with E-state index in [0.717, 1.165) is 23.7 Å². The van der Waals surface area contributed by atoms with Crippen LogP contribution in [0.2, 0.25) is 0 Å². The lowest BCUT2D eigenvalue weighted by Crippen LogP contribution is -2.31. The normalized spacial score (nSPS) is 66.0. The van der Waals surface area contributed by atoms with Gasteiger partial charge in [0.1, 0.15) is 0 Å². The lowest BCUT2D eigenvalue weighted by Gasteiger charge is -2.14. The van der Waals surface area contributed by atoms with Crippen molar-refractivity contribution in [3.05, 3.63) is 0 Å². The molecule has 0 aromatic heterocycles. The van der Waals surface area contributed by atoms with Crippen LogP contribution in [0.4, 0.5) is 0 Å². The van der Waals surface area contributed by atoms with E-state index >= 15 is 0 Å². The zero-order chi connectivity index (χ0) is 7.64. The quantitative estimate of drug-likeness (QED) is 0.607. The molecule has 0 aromatic carbocycles. The molecule has 4 unspecified atom stereocenters. The van der Waals surface area contributed by atoms with Crippen LogP contribution >= 0.6 is 0 Å². The zero-order valence-electron chi connectivity index (χ0n) is 7.22. The van der Waals surface area contributed by atoms with Gasteiger partial charge in [0.05, 0.1) is 0 Å². The third-order valence-corrected chi connectivity index (χ3v) is 4.44. The molecule has 0 aromatic rings. The molecule has 0 spiro atoms. The van der Waals surface area contributed by atoms with Crippen LogP contribution in [-0.4, -0.2) is 5.54 Å². The van der Waals surface area contributed by atoms with Crippen molar-refractivity contribution in [3.8, 4) is 0 Å². The number of hydrogen-bond acceptors (Lipinski definition) is 1. The Kier molecular flexibility index (Phi) is 0.976. The first kappa shape index (κ1) is 6.47. The highest BCUT2D eigenvalue weighted by molar-refractivity contribution is 5.25. The molecule has 0 heterocycles. The highest BCUT2D eigenvalue weighted by atomic mass is 15.0. The summed E-state index contributed by atoms with van der Waals surface area (Å²) < 4.78 is 0. The van der Waals surface area contributed by atoms with E-state index in [1.54, 1.807) is 0 Å². The third kappa shape index (κ3) is 0.618. The lowest BCUT2D eigenvalue weighted by molar-refractivity contribution is 0.435. The van der Waals surface area contributed by atoms with Gasteiger partial charge in [0, 0.05) is 5.54 Å². The summed E-state index contributed by atoms with van der Waals surface area (Å²) in [6, 6.07) is 0. The summed E-state index contributed by atoms with van der Waals surface area (Å²) in [6.07, 6.45) is 5.74. The van der Waals surface area contributed by atoms with Crippen molar-refractivity contribution in [3.63, 3.8) is 0 Å². The molecule has 1 nitrogen and oxygen atoms in total. The van der Waals surface area contributed by atoms with Crippen molar-refractivity contribution < 1.29 is 0 Å². The Hall–Kier alpha value is -0.0400. The van der Waals surface area contributed by atoms with Crippen molar-refractivity contribution in [1.29, 1.82) is 0 Å². The highest BCUT2D eigenvalue weighted by Gasteiger charge is 2.70. The number of nitrogens with two attached hydrogens (primary N) is 1. The van der Waals surface area contributed by atoms with E-state index in [0.29, 0.717) is 5.54 Å². The second-order valence-electron chi connectivity index (χ2n) is 4.96. The minimum atomic E-state index is 0.345. The van der Waals surface area contributed by atoms with Crippen molar-refractivity contribution in [2.45, 2.75) is 38.1 Å². The molecular weight excluding hydrogens is 134 g/mol. The first-order valence-corrected chi connectivity index (χ1v) is 5.03. The maximum Gasteiger partial charge on any atom is 0.0249 e. The van der Waals surface area contributed by atoms with Crippen molar-refractivity contribution in [2.75, 3.05) is 0 Å².